The van der Waals surface area contributed by atoms with E-state index in [1.807, 2.05) is 43.3 Å². The van der Waals surface area contributed by atoms with Crippen LogP contribution in [0, 0.1) is 6.92 Å². The van der Waals surface area contributed by atoms with E-state index in [2.05, 4.69) is 10.2 Å². The van der Waals surface area contributed by atoms with Crippen molar-refractivity contribution in [1.29, 1.82) is 0 Å². The fourth-order valence-corrected chi connectivity index (χ4v) is 4.47. The van der Waals surface area contributed by atoms with Gasteiger partial charge in [0.25, 0.3) is 0 Å². The van der Waals surface area contributed by atoms with Crippen LogP contribution in [0.3, 0.4) is 0 Å². The van der Waals surface area contributed by atoms with Gasteiger partial charge in [0.05, 0.1) is 17.7 Å². The van der Waals surface area contributed by atoms with Crippen molar-refractivity contribution in [3.05, 3.63) is 58.6 Å². The molecule has 0 aromatic heterocycles. The zero-order valence-electron chi connectivity index (χ0n) is 19.4. The number of carbonyl (C=O) groups is 1. The van der Waals surface area contributed by atoms with Crippen molar-refractivity contribution in [2.45, 2.75) is 31.6 Å². The minimum absolute atomic E-state index is 0.0436. The Morgan fingerprint density at radius 2 is 1.97 bits per heavy atom. The lowest BCUT2D eigenvalue weighted by molar-refractivity contribution is -0.140. The van der Waals surface area contributed by atoms with Crippen molar-refractivity contribution in [1.82, 2.24) is 15.1 Å². The Hall–Kier alpha value is -2.52. The van der Waals surface area contributed by atoms with Gasteiger partial charge in [-0.05, 0) is 48.7 Å². The van der Waals surface area contributed by atoms with Gasteiger partial charge in [0.15, 0.2) is 0 Å². The summed E-state index contributed by atoms with van der Waals surface area (Å²) in [7, 11) is 0. The predicted octanol–water partition coefficient (Wildman–Crippen LogP) is 2.43. The lowest BCUT2D eigenvalue weighted by atomic mass is 9.90. The maximum atomic E-state index is 11.6. The van der Waals surface area contributed by atoms with Gasteiger partial charge < -0.3 is 29.9 Å². The monoisotopic (exact) mass is 489 g/mol. The van der Waals surface area contributed by atoms with Gasteiger partial charge in [-0.25, -0.2) is 4.79 Å². The molecule has 9 heteroatoms. The van der Waals surface area contributed by atoms with Gasteiger partial charge in [-0.15, -0.1) is 0 Å². The Kier molecular flexibility index (Phi) is 7.83. The Morgan fingerprint density at radius 3 is 2.71 bits per heavy atom. The summed E-state index contributed by atoms with van der Waals surface area (Å²) in [5, 5.41) is 24.9. The number of piperidine rings is 1. The Balaban J connectivity index is 1.28. The standard InChI is InChI=1S/C25H32ClN3O5/c1-18-2-7-21(26)22(14-18)34-17-25(32)16-28(10-8-23(25)30)15-19-3-5-20(6-4-19)33-13-12-29-11-9-27-24(29)31/h2-7,14,23,30,32H,8-13,15-17H2,1H3,(H,27,31)/t23-,25-/m0/s1. The van der Waals surface area contributed by atoms with E-state index in [0.29, 0.717) is 56.5 Å². The second-order valence-electron chi connectivity index (χ2n) is 9.05. The molecule has 2 amide bonds. The highest BCUT2D eigenvalue weighted by molar-refractivity contribution is 6.32. The molecule has 4 rings (SSSR count). The molecule has 0 saturated carbocycles. The summed E-state index contributed by atoms with van der Waals surface area (Å²) in [6.45, 7) is 5.87. The van der Waals surface area contributed by atoms with Crippen molar-refractivity contribution < 1.29 is 24.5 Å². The molecule has 0 radical (unpaired) electrons. The fourth-order valence-electron chi connectivity index (χ4n) is 4.29. The van der Waals surface area contributed by atoms with Crippen LogP contribution in [0.4, 0.5) is 4.79 Å². The molecule has 0 unspecified atom stereocenters. The molecule has 2 atom stereocenters. The zero-order chi connectivity index (χ0) is 24.1. The SMILES string of the molecule is Cc1ccc(Cl)c(OC[C@@]2(O)CN(Cc3ccc(OCCN4CCNC4=O)cc3)CC[C@@H]2O)c1. The summed E-state index contributed by atoms with van der Waals surface area (Å²) in [5.41, 5.74) is 0.690. The first-order chi connectivity index (χ1) is 16.3. The van der Waals surface area contributed by atoms with E-state index < -0.39 is 11.7 Å². The number of rotatable bonds is 9. The molecule has 184 valence electrons. The number of carbonyl (C=O) groups excluding carboxylic acids is 1. The van der Waals surface area contributed by atoms with Crippen molar-refractivity contribution >= 4 is 17.6 Å². The van der Waals surface area contributed by atoms with Crippen LogP contribution in [0.25, 0.3) is 0 Å². The van der Waals surface area contributed by atoms with E-state index >= 15 is 0 Å². The van der Waals surface area contributed by atoms with E-state index in [0.717, 1.165) is 16.9 Å². The van der Waals surface area contributed by atoms with Crippen LogP contribution in [0.1, 0.15) is 17.5 Å². The molecule has 2 heterocycles. The average molecular weight is 490 g/mol. The van der Waals surface area contributed by atoms with Gasteiger partial charge in [0.1, 0.15) is 30.3 Å². The number of benzene rings is 2. The number of β-amino-alcohol motifs (C(OH)–C–C–N with tert-alkyl or cyclic N) is 1. The van der Waals surface area contributed by atoms with E-state index in [1.165, 1.54) is 0 Å². The Morgan fingerprint density at radius 1 is 1.18 bits per heavy atom. The minimum Gasteiger partial charge on any atom is -0.492 e. The Bertz CT molecular complexity index is 989. The summed E-state index contributed by atoms with van der Waals surface area (Å²) in [4.78, 5) is 15.4. The number of aliphatic hydroxyl groups excluding tert-OH is 1. The number of nitrogens with one attached hydrogen (secondary N) is 1. The largest absolute Gasteiger partial charge is 0.492 e. The number of amides is 2. The third kappa shape index (κ3) is 6.13. The second-order valence-corrected chi connectivity index (χ2v) is 9.46. The molecule has 34 heavy (non-hydrogen) atoms. The number of likely N-dealkylation sites (tertiary alicyclic amines) is 1. The highest BCUT2D eigenvalue weighted by Gasteiger charge is 2.42. The molecule has 0 aliphatic carbocycles. The second kappa shape index (κ2) is 10.8. The molecule has 2 aliphatic rings. The predicted molar refractivity (Wildman–Crippen MR) is 129 cm³/mol. The van der Waals surface area contributed by atoms with Crippen LogP contribution in [0.2, 0.25) is 5.02 Å². The van der Waals surface area contributed by atoms with Crippen LogP contribution < -0.4 is 14.8 Å². The molecule has 3 N–H and O–H groups in total. The van der Waals surface area contributed by atoms with Gasteiger partial charge in [-0.2, -0.15) is 0 Å². The number of urea groups is 1. The first-order valence-electron chi connectivity index (χ1n) is 11.6. The molecule has 0 bridgehead atoms. The number of hydrogen-bond acceptors (Lipinski definition) is 6. The van der Waals surface area contributed by atoms with E-state index in [-0.39, 0.29) is 19.2 Å². The van der Waals surface area contributed by atoms with Crippen LogP contribution in [-0.2, 0) is 6.54 Å². The molecule has 8 nitrogen and oxygen atoms in total. The van der Waals surface area contributed by atoms with Crippen molar-refractivity contribution in [2.24, 2.45) is 0 Å². The Labute approximate surface area is 205 Å². The highest BCUT2D eigenvalue weighted by Crippen LogP contribution is 2.29. The number of ether oxygens (including phenoxy) is 2. The van der Waals surface area contributed by atoms with Gasteiger partial charge in [-0.3, -0.25) is 4.90 Å². The molecule has 2 aromatic rings. The van der Waals surface area contributed by atoms with Gasteiger partial charge in [-0.1, -0.05) is 29.8 Å². The third-order valence-corrected chi connectivity index (χ3v) is 6.62. The highest BCUT2D eigenvalue weighted by atomic mass is 35.5. The number of halogens is 1. The summed E-state index contributed by atoms with van der Waals surface area (Å²) in [5.74, 6) is 1.25. The molecule has 0 spiro atoms. The van der Waals surface area contributed by atoms with E-state index in [1.54, 1.807) is 11.0 Å². The molecular formula is C25H32ClN3O5. The van der Waals surface area contributed by atoms with Crippen molar-refractivity contribution in [3.8, 4) is 11.5 Å². The van der Waals surface area contributed by atoms with Crippen molar-refractivity contribution in [3.63, 3.8) is 0 Å². The fraction of sp³-hybridized carbons (Fsp3) is 0.480. The van der Waals surface area contributed by atoms with Crippen LogP contribution in [0.5, 0.6) is 11.5 Å². The smallest absolute Gasteiger partial charge is 0.317 e. The maximum absolute atomic E-state index is 11.6. The van der Waals surface area contributed by atoms with Crippen molar-refractivity contribution in [2.75, 3.05) is 45.9 Å². The summed E-state index contributed by atoms with van der Waals surface area (Å²) < 4.78 is 11.6. The van der Waals surface area contributed by atoms with Crippen LogP contribution >= 0.6 is 11.6 Å². The molecule has 2 aliphatic heterocycles. The first kappa shape index (κ1) is 24.6. The van der Waals surface area contributed by atoms with Crippen LogP contribution in [-0.4, -0.2) is 83.7 Å². The van der Waals surface area contributed by atoms with Gasteiger partial charge in [0, 0.05) is 32.7 Å². The lowest BCUT2D eigenvalue weighted by Gasteiger charge is -2.42. The number of hydrogen-bond donors (Lipinski definition) is 3. The average Bonchev–Trinajstić information content (AvgIpc) is 3.23. The van der Waals surface area contributed by atoms with E-state index in [9.17, 15) is 15.0 Å². The maximum Gasteiger partial charge on any atom is 0.317 e. The summed E-state index contributed by atoms with van der Waals surface area (Å²) in [6.07, 6.45) is -0.423. The quantitative estimate of drug-likeness (QED) is 0.501. The van der Waals surface area contributed by atoms with E-state index in [4.69, 9.17) is 21.1 Å². The summed E-state index contributed by atoms with van der Waals surface area (Å²) >= 11 is 6.21. The molecule has 2 fully saturated rings. The normalized spacial score (nSPS) is 23.1. The lowest BCUT2D eigenvalue weighted by Crippen LogP contribution is -2.59. The zero-order valence-corrected chi connectivity index (χ0v) is 20.1. The first-order valence-corrected chi connectivity index (χ1v) is 12.0. The summed E-state index contributed by atoms with van der Waals surface area (Å²) in [6, 6.07) is 13.2. The van der Waals surface area contributed by atoms with Gasteiger partial charge in [0.2, 0.25) is 0 Å². The topological polar surface area (TPSA) is 94.5 Å². The minimum atomic E-state index is -1.39. The van der Waals surface area contributed by atoms with Gasteiger partial charge >= 0.3 is 6.03 Å². The molecule has 2 aromatic carbocycles. The number of aryl methyl sites for hydroxylation is 1. The van der Waals surface area contributed by atoms with Crippen LogP contribution in [0.15, 0.2) is 42.5 Å². The molecular weight excluding hydrogens is 458 g/mol. The number of aliphatic hydroxyl groups is 2. The molecule has 2 saturated heterocycles. The third-order valence-electron chi connectivity index (χ3n) is 6.31. The number of nitrogens with zero attached hydrogens (tertiary/aromatic N) is 2.